The summed E-state index contributed by atoms with van der Waals surface area (Å²) >= 11 is 0. The van der Waals surface area contributed by atoms with E-state index in [1.54, 1.807) is 25.5 Å². The zero-order valence-electron chi connectivity index (χ0n) is 12.0. The smallest absolute Gasteiger partial charge is 0.407 e. The lowest BCUT2D eigenvalue weighted by Crippen LogP contribution is -2.29. The lowest BCUT2D eigenvalue weighted by Gasteiger charge is -2.18. The molecule has 114 valence electrons. The third kappa shape index (κ3) is 3.49. The standard InChI is InChI=1S/C14H18FN3O3/c1-9(21-2)6-16-13-12(15)11-8-18(14(19)20)5-3-4-10(11)7-17-13/h3-4,7,9H,5-6,8H2,1-2H3,(H,16,17)(H,19,20)/t9-/m0/s1. The van der Waals surface area contributed by atoms with E-state index in [0.29, 0.717) is 17.7 Å². The second-order valence-electron chi connectivity index (χ2n) is 4.85. The van der Waals surface area contributed by atoms with E-state index >= 15 is 0 Å². The van der Waals surface area contributed by atoms with Crippen LogP contribution < -0.4 is 5.32 Å². The van der Waals surface area contributed by atoms with Crippen molar-refractivity contribution in [2.24, 2.45) is 0 Å². The van der Waals surface area contributed by atoms with Crippen molar-refractivity contribution in [3.63, 3.8) is 0 Å². The summed E-state index contributed by atoms with van der Waals surface area (Å²) in [7, 11) is 1.57. The maximum atomic E-state index is 14.5. The zero-order valence-corrected chi connectivity index (χ0v) is 12.0. The summed E-state index contributed by atoms with van der Waals surface area (Å²) in [5.74, 6) is -0.410. The summed E-state index contributed by atoms with van der Waals surface area (Å²) in [4.78, 5) is 16.3. The Kier molecular flexibility index (Phi) is 4.74. The number of nitrogens with one attached hydrogen (secondary N) is 1. The summed E-state index contributed by atoms with van der Waals surface area (Å²) in [6.07, 6.45) is 3.75. The van der Waals surface area contributed by atoms with Gasteiger partial charge >= 0.3 is 6.09 Å². The number of aromatic nitrogens is 1. The molecule has 6 nitrogen and oxygen atoms in total. The quantitative estimate of drug-likeness (QED) is 0.890. The Morgan fingerprint density at radius 2 is 2.43 bits per heavy atom. The molecule has 0 unspecified atom stereocenters. The van der Waals surface area contributed by atoms with E-state index in [2.05, 4.69) is 10.3 Å². The minimum Gasteiger partial charge on any atom is -0.465 e. The second-order valence-corrected chi connectivity index (χ2v) is 4.85. The van der Waals surface area contributed by atoms with Crippen LogP contribution in [-0.2, 0) is 11.3 Å². The van der Waals surface area contributed by atoms with Crippen LogP contribution in [0.1, 0.15) is 18.1 Å². The van der Waals surface area contributed by atoms with Crippen LogP contribution >= 0.6 is 0 Å². The van der Waals surface area contributed by atoms with Gasteiger partial charge in [0.2, 0.25) is 0 Å². The molecule has 1 aromatic heterocycles. The first-order valence-corrected chi connectivity index (χ1v) is 6.61. The number of hydrogen-bond donors (Lipinski definition) is 2. The SMILES string of the molecule is CO[C@@H](C)CNc1ncc2c(c1F)CN(C(=O)O)CC=C2. The van der Waals surface area contributed by atoms with Crippen molar-refractivity contribution < 1.29 is 19.0 Å². The number of halogens is 1. The summed E-state index contributed by atoms with van der Waals surface area (Å²) in [5.41, 5.74) is 0.926. The van der Waals surface area contributed by atoms with Crippen LogP contribution in [0.5, 0.6) is 0 Å². The average Bonchev–Trinajstić information content (AvgIpc) is 2.69. The van der Waals surface area contributed by atoms with Crippen molar-refractivity contribution in [2.45, 2.75) is 19.6 Å². The Morgan fingerprint density at radius 3 is 3.10 bits per heavy atom. The molecule has 21 heavy (non-hydrogen) atoms. The maximum Gasteiger partial charge on any atom is 0.407 e. The molecule has 2 N–H and O–H groups in total. The van der Waals surface area contributed by atoms with Crippen LogP contribution in [0.3, 0.4) is 0 Å². The maximum absolute atomic E-state index is 14.5. The Balaban J connectivity index is 2.25. The van der Waals surface area contributed by atoms with Crippen LogP contribution in [0, 0.1) is 5.82 Å². The highest BCUT2D eigenvalue weighted by atomic mass is 19.1. The average molecular weight is 295 g/mol. The number of carboxylic acid groups (broad SMARTS) is 1. The van der Waals surface area contributed by atoms with Crippen molar-refractivity contribution >= 4 is 18.0 Å². The minimum atomic E-state index is -1.08. The fourth-order valence-electron chi connectivity index (χ4n) is 2.00. The van der Waals surface area contributed by atoms with Gasteiger partial charge in [-0.25, -0.2) is 14.2 Å². The molecular weight excluding hydrogens is 277 g/mol. The third-order valence-corrected chi connectivity index (χ3v) is 3.36. The summed E-state index contributed by atoms with van der Waals surface area (Å²) in [6, 6.07) is 0. The van der Waals surface area contributed by atoms with Gasteiger partial charge in [0.25, 0.3) is 0 Å². The van der Waals surface area contributed by atoms with E-state index in [0.717, 1.165) is 4.90 Å². The van der Waals surface area contributed by atoms with Crippen molar-refractivity contribution in [2.75, 3.05) is 25.5 Å². The second kappa shape index (κ2) is 6.53. The number of pyridine rings is 1. The largest absolute Gasteiger partial charge is 0.465 e. The molecule has 0 aliphatic carbocycles. The third-order valence-electron chi connectivity index (χ3n) is 3.36. The Hall–Kier alpha value is -2.15. The van der Waals surface area contributed by atoms with E-state index in [4.69, 9.17) is 9.84 Å². The van der Waals surface area contributed by atoms with Gasteiger partial charge in [-0.15, -0.1) is 0 Å². The molecule has 1 atom stereocenters. The van der Waals surface area contributed by atoms with Crippen molar-refractivity contribution in [1.29, 1.82) is 0 Å². The van der Waals surface area contributed by atoms with Gasteiger partial charge in [-0.2, -0.15) is 0 Å². The van der Waals surface area contributed by atoms with E-state index in [-0.39, 0.29) is 25.0 Å². The van der Waals surface area contributed by atoms with Gasteiger partial charge < -0.3 is 20.1 Å². The fourth-order valence-corrected chi connectivity index (χ4v) is 2.00. The molecule has 2 rings (SSSR count). The molecule has 7 heteroatoms. The first-order valence-electron chi connectivity index (χ1n) is 6.61. The van der Waals surface area contributed by atoms with Gasteiger partial charge in [0, 0.05) is 37.5 Å². The molecule has 1 amide bonds. The van der Waals surface area contributed by atoms with Gasteiger partial charge in [-0.05, 0) is 6.92 Å². The van der Waals surface area contributed by atoms with Gasteiger partial charge in [-0.3, -0.25) is 0 Å². The van der Waals surface area contributed by atoms with Crippen molar-refractivity contribution in [3.8, 4) is 0 Å². The van der Waals surface area contributed by atoms with Crippen LogP contribution in [0.2, 0.25) is 0 Å². The molecular formula is C14H18FN3O3. The van der Waals surface area contributed by atoms with Crippen LogP contribution in [0.25, 0.3) is 6.08 Å². The highest BCUT2D eigenvalue weighted by molar-refractivity contribution is 5.68. The number of hydrogen-bond acceptors (Lipinski definition) is 4. The highest BCUT2D eigenvalue weighted by Gasteiger charge is 2.21. The molecule has 0 bridgehead atoms. The Morgan fingerprint density at radius 1 is 1.67 bits per heavy atom. The normalized spacial score (nSPS) is 15.3. The topological polar surface area (TPSA) is 74.7 Å². The van der Waals surface area contributed by atoms with Gasteiger partial charge in [0.1, 0.15) is 0 Å². The van der Waals surface area contributed by atoms with Gasteiger partial charge in [0.15, 0.2) is 11.6 Å². The number of anilines is 1. The molecule has 0 saturated heterocycles. The van der Waals surface area contributed by atoms with Crippen molar-refractivity contribution in [1.82, 2.24) is 9.88 Å². The molecule has 0 fully saturated rings. The van der Waals surface area contributed by atoms with Gasteiger partial charge in [0.05, 0.1) is 12.6 Å². The molecule has 0 saturated carbocycles. The van der Waals surface area contributed by atoms with Crippen molar-refractivity contribution in [3.05, 3.63) is 29.2 Å². The lowest BCUT2D eigenvalue weighted by molar-refractivity contribution is 0.128. The zero-order chi connectivity index (χ0) is 15.4. The number of nitrogens with zero attached hydrogens (tertiary/aromatic N) is 2. The molecule has 2 heterocycles. The highest BCUT2D eigenvalue weighted by Crippen LogP contribution is 2.24. The molecule has 0 aromatic carbocycles. The predicted molar refractivity (Wildman–Crippen MR) is 76.6 cm³/mol. The van der Waals surface area contributed by atoms with E-state index in [1.807, 2.05) is 6.92 Å². The molecule has 1 aromatic rings. The molecule has 0 spiro atoms. The molecule has 1 aliphatic rings. The number of rotatable bonds is 4. The van der Waals surface area contributed by atoms with Crippen LogP contribution in [0.15, 0.2) is 12.3 Å². The summed E-state index contributed by atoms with van der Waals surface area (Å²) < 4.78 is 19.6. The summed E-state index contributed by atoms with van der Waals surface area (Å²) in [6.45, 7) is 2.49. The van der Waals surface area contributed by atoms with Gasteiger partial charge in [-0.1, -0.05) is 12.2 Å². The minimum absolute atomic E-state index is 0.000527. The monoisotopic (exact) mass is 295 g/mol. The number of amides is 1. The van der Waals surface area contributed by atoms with E-state index < -0.39 is 11.9 Å². The first kappa shape index (κ1) is 15.2. The van der Waals surface area contributed by atoms with E-state index in [9.17, 15) is 9.18 Å². The van der Waals surface area contributed by atoms with Crippen LogP contribution in [-0.4, -0.2) is 47.4 Å². The van der Waals surface area contributed by atoms with Crippen LogP contribution in [0.4, 0.5) is 15.0 Å². The number of fused-ring (bicyclic) bond motifs is 1. The first-order chi connectivity index (χ1) is 10.0. The molecule has 0 radical (unpaired) electrons. The summed E-state index contributed by atoms with van der Waals surface area (Å²) in [5, 5.41) is 12.0. The lowest BCUT2D eigenvalue weighted by atomic mass is 10.1. The molecule has 1 aliphatic heterocycles. The Bertz CT molecular complexity index is 563. The predicted octanol–water partition coefficient (Wildman–Crippen LogP) is 2.17. The number of ether oxygens (including phenoxy) is 1. The number of carbonyl (C=O) groups is 1. The van der Waals surface area contributed by atoms with E-state index in [1.165, 1.54) is 0 Å². The Labute approximate surface area is 122 Å². The fraction of sp³-hybridized carbons (Fsp3) is 0.429. The number of methoxy groups -OCH3 is 1.